The fraction of sp³-hybridized carbons (Fsp3) is 0.571. The van der Waals surface area contributed by atoms with E-state index in [0.29, 0.717) is 11.8 Å². The van der Waals surface area contributed by atoms with Crippen LogP contribution in [0.25, 0.3) is 10.9 Å². The quantitative estimate of drug-likeness (QED) is 0.867. The molecule has 140 valence electrons. The predicted octanol–water partition coefficient (Wildman–Crippen LogP) is 2.57. The van der Waals surface area contributed by atoms with Crippen molar-refractivity contribution in [1.29, 1.82) is 0 Å². The number of para-hydroxylation sites is 1. The van der Waals surface area contributed by atoms with Crippen molar-refractivity contribution in [3.8, 4) is 0 Å². The van der Waals surface area contributed by atoms with E-state index >= 15 is 0 Å². The Balaban J connectivity index is 1.37. The SMILES string of the molecule is CO[C@@H]1C[C@H]2CN(CCc3c[nH]c4ccccc34)C[C@H]2C[C@H]1NC(C)=O. The molecule has 0 radical (unpaired) electrons. The van der Waals surface area contributed by atoms with Crippen molar-refractivity contribution in [1.82, 2.24) is 15.2 Å². The van der Waals surface area contributed by atoms with Gasteiger partial charge in [0.05, 0.1) is 12.1 Å². The maximum atomic E-state index is 11.5. The van der Waals surface area contributed by atoms with Crippen molar-refractivity contribution < 1.29 is 9.53 Å². The van der Waals surface area contributed by atoms with Crippen molar-refractivity contribution in [3.63, 3.8) is 0 Å². The third kappa shape index (κ3) is 3.51. The molecule has 1 aromatic heterocycles. The molecule has 0 unspecified atom stereocenters. The molecule has 2 fully saturated rings. The molecule has 4 atom stereocenters. The third-order valence-corrected chi connectivity index (χ3v) is 6.26. The second-order valence-corrected chi connectivity index (χ2v) is 7.94. The molecule has 2 N–H and O–H groups in total. The van der Waals surface area contributed by atoms with E-state index in [9.17, 15) is 4.79 Å². The van der Waals surface area contributed by atoms with Crippen LogP contribution in [0.15, 0.2) is 30.5 Å². The van der Waals surface area contributed by atoms with Crippen LogP contribution in [0.4, 0.5) is 0 Å². The molecular weight excluding hydrogens is 326 g/mol. The Kier molecular flexibility index (Phi) is 5.00. The Hall–Kier alpha value is -1.85. The lowest BCUT2D eigenvalue weighted by Gasteiger charge is -2.37. The minimum absolute atomic E-state index is 0.0460. The van der Waals surface area contributed by atoms with Crippen molar-refractivity contribution in [2.24, 2.45) is 11.8 Å². The summed E-state index contributed by atoms with van der Waals surface area (Å²) in [4.78, 5) is 17.5. The number of hydrogen-bond donors (Lipinski definition) is 2. The largest absolute Gasteiger partial charge is 0.379 e. The second kappa shape index (κ2) is 7.41. The molecule has 0 spiro atoms. The minimum atomic E-state index is 0.0460. The highest BCUT2D eigenvalue weighted by molar-refractivity contribution is 5.83. The number of carbonyl (C=O) groups is 1. The average Bonchev–Trinajstić information content (AvgIpc) is 3.21. The molecule has 2 heterocycles. The molecule has 5 heteroatoms. The first kappa shape index (κ1) is 17.6. The fourth-order valence-corrected chi connectivity index (χ4v) is 4.98. The summed E-state index contributed by atoms with van der Waals surface area (Å²) in [5.41, 5.74) is 2.63. The maximum Gasteiger partial charge on any atom is 0.217 e. The van der Waals surface area contributed by atoms with Gasteiger partial charge in [-0.3, -0.25) is 4.79 Å². The van der Waals surface area contributed by atoms with E-state index in [0.717, 1.165) is 38.9 Å². The number of methoxy groups -OCH3 is 1. The van der Waals surface area contributed by atoms with E-state index in [2.05, 4.69) is 45.7 Å². The summed E-state index contributed by atoms with van der Waals surface area (Å²) >= 11 is 0. The maximum absolute atomic E-state index is 11.5. The predicted molar refractivity (Wildman–Crippen MR) is 103 cm³/mol. The van der Waals surface area contributed by atoms with Gasteiger partial charge in [0.25, 0.3) is 0 Å². The van der Waals surface area contributed by atoms with Gasteiger partial charge in [0.15, 0.2) is 0 Å². The number of benzene rings is 1. The van der Waals surface area contributed by atoms with Crippen molar-refractivity contribution in [2.75, 3.05) is 26.7 Å². The third-order valence-electron chi connectivity index (χ3n) is 6.26. The monoisotopic (exact) mass is 355 g/mol. The Morgan fingerprint density at radius 1 is 1.27 bits per heavy atom. The number of rotatable bonds is 5. The number of H-pyrrole nitrogens is 1. The molecule has 5 nitrogen and oxygen atoms in total. The zero-order valence-electron chi connectivity index (χ0n) is 15.7. The van der Waals surface area contributed by atoms with Gasteiger partial charge in [0.2, 0.25) is 5.91 Å². The number of likely N-dealkylation sites (tertiary alicyclic amines) is 1. The Bertz CT molecular complexity index is 771. The van der Waals surface area contributed by atoms with E-state index in [1.165, 1.54) is 16.5 Å². The number of ether oxygens (including phenoxy) is 1. The topological polar surface area (TPSA) is 57.4 Å². The number of fused-ring (bicyclic) bond motifs is 2. The number of nitrogens with one attached hydrogen (secondary N) is 2. The first-order valence-corrected chi connectivity index (χ1v) is 9.71. The summed E-state index contributed by atoms with van der Waals surface area (Å²) < 4.78 is 5.68. The van der Waals surface area contributed by atoms with E-state index in [-0.39, 0.29) is 18.1 Å². The van der Waals surface area contributed by atoms with Crippen LogP contribution in [0.1, 0.15) is 25.3 Å². The molecule has 2 aliphatic rings. The highest BCUT2D eigenvalue weighted by Gasteiger charge is 2.42. The molecule has 1 aliphatic heterocycles. The van der Waals surface area contributed by atoms with Crippen LogP contribution in [0.2, 0.25) is 0 Å². The number of nitrogens with zero attached hydrogens (tertiary/aromatic N) is 1. The van der Waals surface area contributed by atoms with Gasteiger partial charge in [-0.2, -0.15) is 0 Å². The zero-order valence-corrected chi connectivity index (χ0v) is 15.7. The van der Waals surface area contributed by atoms with Gasteiger partial charge in [0.1, 0.15) is 0 Å². The molecular formula is C21H29N3O2. The summed E-state index contributed by atoms with van der Waals surface area (Å²) in [6.07, 6.45) is 5.46. The summed E-state index contributed by atoms with van der Waals surface area (Å²) in [6, 6.07) is 8.68. The number of aromatic nitrogens is 1. The summed E-state index contributed by atoms with van der Waals surface area (Å²) in [7, 11) is 1.77. The van der Waals surface area contributed by atoms with Crippen molar-refractivity contribution in [3.05, 3.63) is 36.0 Å². The molecule has 0 bridgehead atoms. The minimum Gasteiger partial charge on any atom is -0.379 e. The van der Waals surface area contributed by atoms with Crippen LogP contribution in [0, 0.1) is 11.8 Å². The standard InChI is InChI=1S/C21H29N3O2/c1-14(25)23-20-9-16-12-24(13-17(16)10-21(20)26-2)8-7-15-11-22-19-6-4-3-5-18(15)19/h3-6,11,16-17,20-22H,7-10,12-13H2,1-2H3,(H,23,25)/t16-,17+,20-,21-/m1/s1. The number of hydrogen-bond acceptors (Lipinski definition) is 3. The first-order valence-electron chi connectivity index (χ1n) is 9.71. The molecule has 4 rings (SSSR count). The summed E-state index contributed by atoms with van der Waals surface area (Å²) in [5, 5.41) is 4.44. The van der Waals surface area contributed by atoms with Crippen molar-refractivity contribution in [2.45, 2.75) is 38.3 Å². The van der Waals surface area contributed by atoms with Gasteiger partial charge in [0, 0.05) is 50.8 Å². The van der Waals surface area contributed by atoms with Crippen molar-refractivity contribution >= 4 is 16.8 Å². The summed E-state index contributed by atoms with van der Waals surface area (Å²) in [5.74, 6) is 1.40. The number of amides is 1. The van der Waals surface area contributed by atoms with Gasteiger partial charge >= 0.3 is 0 Å². The van der Waals surface area contributed by atoms with Crippen LogP contribution in [0.3, 0.4) is 0 Å². The lowest BCUT2D eigenvalue weighted by Crippen LogP contribution is -2.49. The first-order chi connectivity index (χ1) is 12.6. The van der Waals surface area contributed by atoms with E-state index in [1.54, 1.807) is 14.0 Å². The molecule has 1 aromatic carbocycles. The van der Waals surface area contributed by atoms with Crippen LogP contribution in [0.5, 0.6) is 0 Å². The van der Waals surface area contributed by atoms with Gasteiger partial charge < -0.3 is 19.9 Å². The molecule has 1 saturated carbocycles. The highest BCUT2D eigenvalue weighted by atomic mass is 16.5. The van der Waals surface area contributed by atoms with Gasteiger partial charge in [-0.05, 0) is 42.7 Å². The Morgan fingerprint density at radius 3 is 2.81 bits per heavy atom. The second-order valence-electron chi connectivity index (χ2n) is 7.94. The van der Waals surface area contributed by atoms with Crippen LogP contribution >= 0.6 is 0 Å². The molecule has 1 saturated heterocycles. The lowest BCUT2D eigenvalue weighted by molar-refractivity contribution is -0.121. The molecule has 2 aromatic rings. The van der Waals surface area contributed by atoms with E-state index < -0.39 is 0 Å². The Morgan fingerprint density at radius 2 is 2.04 bits per heavy atom. The zero-order chi connectivity index (χ0) is 18.1. The normalized spacial score (nSPS) is 29.0. The van der Waals surface area contributed by atoms with Gasteiger partial charge in [-0.25, -0.2) is 0 Å². The van der Waals surface area contributed by atoms with E-state index in [1.807, 2.05) is 0 Å². The van der Waals surface area contributed by atoms with Crippen LogP contribution in [-0.2, 0) is 16.0 Å². The van der Waals surface area contributed by atoms with Gasteiger partial charge in [-0.15, -0.1) is 0 Å². The fourth-order valence-electron chi connectivity index (χ4n) is 4.98. The lowest BCUT2D eigenvalue weighted by atomic mass is 9.77. The van der Waals surface area contributed by atoms with Crippen LogP contribution in [-0.4, -0.2) is 54.7 Å². The van der Waals surface area contributed by atoms with Crippen LogP contribution < -0.4 is 5.32 Å². The van der Waals surface area contributed by atoms with E-state index in [4.69, 9.17) is 4.74 Å². The number of aromatic amines is 1. The highest BCUT2D eigenvalue weighted by Crippen LogP contribution is 2.37. The number of carbonyl (C=O) groups excluding carboxylic acids is 1. The molecule has 1 amide bonds. The Labute approximate surface area is 155 Å². The summed E-state index contributed by atoms with van der Waals surface area (Å²) in [6.45, 7) is 4.98. The van der Waals surface area contributed by atoms with Gasteiger partial charge in [-0.1, -0.05) is 18.2 Å². The average molecular weight is 355 g/mol. The molecule has 1 aliphatic carbocycles. The smallest absolute Gasteiger partial charge is 0.217 e. The molecule has 26 heavy (non-hydrogen) atoms.